The van der Waals surface area contributed by atoms with Crippen molar-refractivity contribution in [2.75, 3.05) is 31.6 Å². The zero-order chi connectivity index (χ0) is 17.9. The summed E-state index contributed by atoms with van der Waals surface area (Å²) >= 11 is 0. The zero-order valence-corrected chi connectivity index (χ0v) is 13.7. The van der Waals surface area contributed by atoms with Gasteiger partial charge in [-0.25, -0.2) is 8.42 Å². The van der Waals surface area contributed by atoms with Gasteiger partial charge in [-0.1, -0.05) is 0 Å². The maximum Gasteiger partial charge on any atom is 0.325 e. The van der Waals surface area contributed by atoms with Crippen molar-refractivity contribution in [3.63, 3.8) is 0 Å². The first kappa shape index (κ1) is 18.1. The second kappa shape index (κ2) is 7.11. The SMILES string of the molecule is CC(Nc1ccc([N+](=O)[O-])cc1S(=O)(=O)N1CCOCC1)C(=O)O. The number of benzene rings is 1. The lowest BCUT2D eigenvalue weighted by Gasteiger charge is -2.27. The van der Waals surface area contributed by atoms with Crippen LogP contribution in [0.2, 0.25) is 0 Å². The number of ether oxygens (including phenoxy) is 1. The van der Waals surface area contributed by atoms with Crippen LogP contribution >= 0.6 is 0 Å². The molecular formula is C13H17N3O7S. The van der Waals surface area contributed by atoms with Gasteiger partial charge in [-0.05, 0) is 13.0 Å². The minimum absolute atomic E-state index is 0.00184. The summed E-state index contributed by atoms with van der Waals surface area (Å²) in [6, 6.07) is 2.19. The summed E-state index contributed by atoms with van der Waals surface area (Å²) in [5, 5.41) is 22.5. The first-order valence-corrected chi connectivity index (χ1v) is 8.53. The van der Waals surface area contributed by atoms with E-state index in [4.69, 9.17) is 9.84 Å². The molecular weight excluding hydrogens is 342 g/mol. The Morgan fingerprint density at radius 2 is 2.04 bits per heavy atom. The molecule has 1 saturated heterocycles. The van der Waals surface area contributed by atoms with Crippen LogP contribution in [0, 0.1) is 10.1 Å². The minimum Gasteiger partial charge on any atom is -0.480 e. The fraction of sp³-hybridized carbons (Fsp3) is 0.462. The molecule has 0 spiro atoms. The van der Waals surface area contributed by atoms with E-state index in [0.29, 0.717) is 0 Å². The van der Waals surface area contributed by atoms with Crippen molar-refractivity contribution in [2.24, 2.45) is 0 Å². The quantitative estimate of drug-likeness (QED) is 0.553. The largest absolute Gasteiger partial charge is 0.480 e. The van der Waals surface area contributed by atoms with E-state index in [1.165, 1.54) is 13.0 Å². The Kier molecular flexibility index (Phi) is 5.36. The van der Waals surface area contributed by atoms with Gasteiger partial charge in [0.15, 0.2) is 0 Å². The van der Waals surface area contributed by atoms with Crippen LogP contribution in [0.3, 0.4) is 0 Å². The molecule has 24 heavy (non-hydrogen) atoms. The number of rotatable bonds is 6. The van der Waals surface area contributed by atoms with E-state index < -0.39 is 32.6 Å². The van der Waals surface area contributed by atoms with Gasteiger partial charge in [-0.3, -0.25) is 14.9 Å². The summed E-state index contributed by atoms with van der Waals surface area (Å²) in [4.78, 5) is 20.9. The van der Waals surface area contributed by atoms with Gasteiger partial charge in [0.25, 0.3) is 5.69 Å². The standard InChI is InChI=1S/C13H17N3O7S/c1-9(13(17)18)14-11-3-2-10(16(19)20)8-12(11)24(21,22)15-4-6-23-7-5-15/h2-3,8-9,14H,4-7H2,1H3,(H,17,18). The van der Waals surface area contributed by atoms with Crippen LogP contribution in [0.4, 0.5) is 11.4 Å². The predicted octanol–water partition coefficient (Wildman–Crippen LogP) is 0.501. The Morgan fingerprint density at radius 1 is 1.42 bits per heavy atom. The molecule has 1 aliphatic heterocycles. The average molecular weight is 359 g/mol. The third-order valence-electron chi connectivity index (χ3n) is 3.51. The van der Waals surface area contributed by atoms with Crippen molar-refractivity contribution >= 4 is 27.4 Å². The van der Waals surface area contributed by atoms with Crippen molar-refractivity contribution in [1.82, 2.24) is 4.31 Å². The lowest BCUT2D eigenvalue weighted by Crippen LogP contribution is -2.41. The molecule has 0 saturated carbocycles. The van der Waals surface area contributed by atoms with E-state index in [2.05, 4.69) is 5.32 Å². The topological polar surface area (TPSA) is 139 Å². The second-order valence-electron chi connectivity index (χ2n) is 5.16. The van der Waals surface area contributed by atoms with Crippen LogP contribution in [0.1, 0.15) is 6.92 Å². The Morgan fingerprint density at radius 3 is 2.58 bits per heavy atom. The molecule has 0 aliphatic carbocycles. The number of aliphatic carboxylic acids is 1. The van der Waals surface area contributed by atoms with Crippen LogP contribution in [0.5, 0.6) is 0 Å². The number of nitro groups is 1. The average Bonchev–Trinajstić information content (AvgIpc) is 2.55. The van der Waals surface area contributed by atoms with Gasteiger partial charge in [0, 0.05) is 25.2 Å². The van der Waals surface area contributed by atoms with Crippen LogP contribution < -0.4 is 5.32 Å². The summed E-state index contributed by atoms with van der Waals surface area (Å²) in [7, 11) is -4.03. The molecule has 1 aliphatic rings. The molecule has 1 fully saturated rings. The number of hydrogen-bond acceptors (Lipinski definition) is 7. The van der Waals surface area contributed by atoms with Gasteiger partial charge >= 0.3 is 5.97 Å². The highest BCUT2D eigenvalue weighted by atomic mass is 32.2. The fourth-order valence-electron chi connectivity index (χ4n) is 2.18. The second-order valence-corrected chi connectivity index (χ2v) is 7.06. The lowest BCUT2D eigenvalue weighted by molar-refractivity contribution is -0.385. The van der Waals surface area contributed by atoms with E-state index in [1.54, 1.807) is 0 Å². The van der Waals surface area contributed by atoms with Crippen LogP contribution in [0.25, 0.3) is 0 Å². The molecule has 10 nitrogen and oxygen atoms in total. The number of morpholine rings is 1. The highest BCUT2D eigenvalue weighted by Gasteiger charge is 2.31. The van der Waals surface area contributed by atoms with Crippen molar-refractivity contribution in [3.05, 3.63) is 28.3 Å². The molecule has 132 valence electrons. The number of carboxylic acids is 1. The first-order valence-electron chi connectivity index (χ1n) is 7.09. The lowest BCUT2D eigenvalue weighted by atomic mass is 10.2. The molecule has 1 unspecified atom stereocenters. The summed E-state index contributed by atoms with van der Waals surface area (Å²) in [6.45, 7) is 2.04. The third kappa shape index (κ3) is 3.80. The molecule has 0 radical (unpaired) electrons. The number of nitro benzene ring substituents is 1. The van der Waals surface area contributed by atoms with E-state index >= 15 is 0 Å². The number of carbonyl (C=O) groups is 1. The van der Waals surface area contributed by atoms with Crippen molar-refractivity contribution in [2.45, 2.75) is 17.9 Å². The minimum atomic E-state index is -4.03. The molecule has 2 N–H and O–H groups in total. The van der Waals surface area contributed by atoms with E-state index in [0.717, 1.165) is 16.4 Å². The smallest absolute Gasteiger partial charge is 0.325 e. The molecule has 1 heterocycles. The Balaban J connectivity index is 2.48. The number of anilines is 1. The summed E-state index contributed by atoms with van der Waals surface area (Å²) in [6.07, 6.45) is 0. The monoisotopic (exact) mass is 359 g/mol. The molecule has 1 aromatic rings. The van der Waals surface area contributed by atoms with Gasteiger partial charge in [0.1, 0.15) is 10.9 Å². The number of non-ortho nitro benzene ring substituents is 1. The maximum atomic E-state index is 12.8. The molecule has 2 rings (SSSR count). The van der Waals surface area contributed by atoms with E-state index in [9.17, 15) is 23.3 Å². The molecule has 1 atom stereocenters. The highest BCUT2D eigenvalue weighted by molar-refractivity contribution is 7.89. The Hall–Kier alpha value is -2.24. The van der Waals surface area contributed by atoms with Crippen molar-refractivity contribution < 1.29 is 28.0 Å². The maximum absolute atomic E-state index is 12.8. The Labute approximate surface area is 138 Å². The summed E-state index contributed by atoms with van der Waals surface area (Å²) < 4.78 is 31.9. The summed E-state index contributed by atoms with van der Waals surface area (Å²) in [5.74, 6) is -1.18. The zero-order valence-electron chi connectivity index (χ0n) is 12.8. The molecule has 0 bridgehead atoms. The molecule has 11 heteroatoms. The van der Waals surface area contributed by atoms with Crippen LogP contribution in [0.15, 0.2) is 23.1 Å². The van der Waals surface area contributed by atoms with Crippen LogP contribution in [-0.4, -0.2) is 61.1 Å². The van der Waals surface area contributed by atoms with E-state index in [-0.39, 0.29) is 36.9 Å². The summed E-state index contributed by atoms with van der Waals surface area (Å²) in [5.41, 5.74) is -0.391. The fourth-order valence-corrected chi connectivity index (χ4v) is 3.76. The van der Waals surface area contributed by atoms with Crippen LogP contribution in [-0.2, 0) is 19.6 Å². The van der Waals surface area contributed by atoms with Gasteiger partial charge in [-0.2, -0.15) is 4.31 Å². The molecule has 0 amide bonds. The van der Waals surface area contributed by atoms with Gasteiger partial charge in [0.05, 0.1) is 23.8 Å². The van der Waals surface area contributed by atoms with E-state index in [1.807, 2.05) is 0 Å². The van der Waals surface area contributed by atoms with Gasteiger partial charge in [-0.15, -0.1) is 0 Å². The number of carboxylic acid groups (broad SMARTS) is 1. The van der Waals surface area contributed by atoms with Gasteiger partial charge < -0.3 is 15.2 Å². The highest BCUT2D eigenvalue weighted by Crippen LogP contribution is 2.30. The normalized spacial score (nSPS) is 17.2. The van der Waals surface area contributed by atoms with Crippen molar-refractivity contribution in [3.8, 4) is 0 Å². The molecule has 0 aromatic heterocycles. The number of nitrogens with one attached hydrogen (secondary N) is 1. The van der Waals surface area contributed by atoms with Gasteiger partial charge in [0.2, 0.25) is 10.0 Å². The molecule has 1 aromatic carbocycles. The van der Waals surface area contributed by atoms with Crippen molar-refractivity contribution in [1.29, 1.82) is 0 Å². The number of nitrogens with zero attached hydrogens (tertiary/aromatic N) is 2. The number of hydrogen-bond donors (Lipinski definition) is 2. The first-order chi connectivity index (χ1) is 11.2. The Bertz CT molecular complexity index is 744. The number of sulfonamides is 1. The third-order valence-corrected chi connectivity index (χ3v) is 5.44. The predicted molar refractivity (Wildman–Crippen MR) is 83.4 cm³/mol.